The number of esters is 2. The average Bonchev–Trinajstić information content (AvgIpc) is 3.21. The molecule has 0 saturated carbocycles. The van der Waals surface area contributed by atoms with Crippen LogP contribution in [0.25, 0.3) is 0 Å². The molecule has 0 unspecified atom stereocenters. The summed E-state index contributed by atoms with van der Waals surface area (Å²) in [5, 5.41) is 4.79. The first kappa shape index (κ1) is 20.1. The number of rotatable bonds is 7. The normalized spacial score (nSPS) is 10.7. The first-order valence-corrected chi connectivity index (χ1v) is 9.87. The van der Waals surface area contributed by atoms with E-state index in [1.54, 1.807) is 31.4 Å². The minimum absolute atomic E-state index is 0.193. The first-order valence-electron chi connectivity index (χ1n) is 8.17. The van der Waals surface area contributed by atoms with Gasteiger partial charge in [-0.2, -0.15) is 0 Å². The van der Waals surface area contributed by atoms with Crippen molar-refractivity contribution in [2.75, 3.05) is 18.5 Å². The van der Waals surface area contributed by atoms with E-state index in [2.05, 4.69) is 5.32 Å². The number of carbonyl (C=O) groups excluding carboxylic acids is 3. The number of thiophene rings is 2. The molecule has 0 saturated heterocycles. The fourth-order valence-electron chi connectivity index (χ4n) is 2.13. The van der Waals surface area contributed by atoms with E-state index >= 15 is 0 Å². The SMILES string of the molecule is CCOC(=O)c1c(NC(=O)c2cccs2)sc(C(=O)OCC(C)C)c1C. The molecule has 0 radical (unpaired) electrons. The van der Waals surface area contributed by atoms with Crippen LogP contribution in [0, 0.1) is 12.8 Å². The third kappa shape index (κ3) is 4.70. The second-order valence-corrected chi connectivity index (χ2v) is 7.87. The lowest BCUT2D eigenvalue weighted by Gasteiger charge is -2.07. The van der Waals surface area contributed by atoms with Crippen molar-refractivity contribution in [2.45, 2.75) is 27.7 Å². The van der Waals surface area contributed by atoms with Gasteiger partial charge in [0.15, 0.2) is 0 Å². The van der Waals surface area contributed by atoms with Crippen molar-refractivity contribution in [3.05, 3.63) is 38.4 Å². The van der Waals surface area contributed by atoms with E-state index in [9.17, 15) is 14.4 Å². The van der Waals surface area contributed by atoms with Crippen LogP contribution in [-0.2, 0) is 9.47 Å². The summed E-state index contributed by atoms with van der Waals surface area (Å²) in [4.78, 5) is 37.8. The molecule has 0 aliphatic rings. The van der Waals surface area contributed by atoms with Gasteiger partial charge < -0.3 is 14.8 Å². The molecule has 0 spiro atoms. The monoisotopic (exact) mass is 395 g/mol. The average molecular weight is 396 g/mol. The van der Waals surface area contributed by atoms with Crippen molar-refractivity contribution < 1.29 is 23.9 Å². The third-order valence-corrected chi connectivity index (χ3v) is 5.39. The second kappa shape index (κ2) is 8.95. The van der Waals surface area contributed by atoms with Gasteiger partial charge in [0.05, 0.1) is 23.7 Å². The number of anilines is 1. The summed E-state index contributed by atoms with van der Waals surface area (Å²) >= 11 is 2.31. The molecule has 2 aromatic heterocycles. The van der Waals surface area contributed by atoms with Gasteiger partial charge in [-0.3, -0.25) is 4.79 Å². The summed E-state index contributed by atoms with van der Waals surface area (Å²) in [6.45, 7) is 7.69. The zero-order valence-electron chi connectivity index (χ0n) is 15.1. The van der Waals surface area contributed by atoms with Gasteiger partial charge >= 0.3 is 11.9 Å². The summed E-state index contributed by atoms with van der Waals surface area (Å²) in [6, 6.07) is 3.45. The maximum absolute atomic E-state index is 12.4. The number of ether oxygens (including phenoxy) is 2. The quantitative estimate of drug-likeness (QED) is 0.705. The highest BCUT2D eigenvalue weighted by Crippen LogP contribution is 2.35. The maximum Gasteiger partial charge on any atom is 0.348 e. The van der Waals surface area contributed by atoms with Crippen molar-refractivity contribution in [1.29, 1.82) is 0 Å². The first-order chi connectivity index (χ1) is 12.3. The van der Waals surface area contributed by atoms with E-state index in [4.69, 9.17) is 9.47 Å². The van der Waals surface area contributed by atoms with Gasteiger partial charge in [0.2, 0.25) is 0 Å². The topological polar surface area (TPSA) is 81.7 Å². The molecule has 6 nitrogen and oxygen atoms in total. The highest BCUT2D eigenvalue weighted by Gasteiger charge is 2.27. The van der Waals surface area contributed by atoms with Crippen LogP contribution >= 0.6 is 22.7 Å². The van der Waals surface area contributed by atoms with E-state index in [-0.39, 0.29) is 40.5 Å². The Hall–Kier alpha value is -2.19. The molecule has 1 amide bonds. The summed E-state index contributed by atoms with van der Waals surface area (Å²) < 4.78 is 10.3. The minimum atomic E-state index is -0.578. The Bertz CT molecular complexity index is 793. The van der Waals surface area contributed by atoms with Crippen LogP contribution in [0.3, 0.4) is 0 Å². The lowest BCUT2D eigenvalue weighted by molar-refractivity contribution is 0.0464. The minimum Gasteiger partial charge on any atom is -0.462 e. The van der Waals surface area contributed by atoms with Crippen LogP contribution in [0.15, 0.2) is 17.5 Å². The lowest BCUT2D eigenvalue weighted by atomic mass is 10.1. The fraction of sp³-hybridized carbons (Fsp3) is 0.389. The van der Waals surface area contributed by atoms with Gasteiger partial charge in [-0.1, -0.05) is 19.9 Å². The Labute approximate surface area is 160 Å². The van der Waals surface area contributed by atoms with E-state index in [0.717, 1.165) is 11.3 Å². The van der Waals surface area contributed by atoms with Crippen LogP contribution in [-0.4, -0.2) is 31.1 Å². The summed E-state index contributed by atoms with van der Waals surface area (Å²) in [7, 11) is 0. The van der Waals surface area contributed by atoms with Crippen LogP contribution in [0.2, 0.25) is 0 Å². The number of hydrogen-bond acceptors (Lipinski definition) is 7. The molecule has 2 rings (SSSR count). The molecule has 1 N–H and O–H groups in total. The molecule has 26 heavy (non-hydrogen) atoms. The Morgan fingerprint density at radius 3 is 2.50 bits per heavy atom. The Morgan fingerprint density at radius 1 is 1.19 bits per heavy atom. The second-order valence-electron chi connectivity index (χ2n) is 5.90. The highest BCUT2D eigenvalue weighted by molar-refractivity contribution is 7.19. The van der Waals surface area contributed by atoms with Crippen molar-refractivity contribution in [2.24, 2.45) is 5.92 Å². The predicted molar refractivity (Wildman–Crippen MR) is 102 cm³/mol. The number of amides is 1. The van der Waals surface area contributed by atoms with Crippen molar-refractivity contribution in [1.82, 2.24) is 0 Å². The largest absolute Gasteiger partial charge is 0.462 e. The molecule has 2 heterocycles. The van der Waals surface area contributed by atoms with Gasteiger partial charge in [0.25, 0.3) is 5.91 Å². The molecular formula is C18H21NO5S2. The van der Waals surface area contributed by atoms with Crippen molar-refractivity contribution in [3.63, 3.8) is 0 Å². The van der Waals surface area contributed by atoms with Gasteiger partial charge in [0, 0.05) is 0 Å². The Balaban J connectivity index is 2.35. The van der Waals surface area contributed by atoms with Crippen molar-refractivity contribution >= 4 is 45.5 Å². The molecule has 0 aromatic carbocycles. The predicted octanol–water partition coefficient (Wildman–Crippen LogP) is 4.36. The summed E-state index contributed by atoms with van der Waals surface area (Å²) in [6.07, 6.45) is 0. The summed E-state index contributed by atoms with van der Waals surface area (Å²) in [5.41, 5.74) is 0.641. The molecule has 0 atom stereocenters. The van der Waals surface area contributed by atoms with Crippen LogP contribution in [0.4, 0.5) is 5.00 Å². The molecular weight excluding hydrogens is 374 g/mol. The molecule has 0 fully saturated rings. The molecule has 0 aliphatic carbocycles. The fourth-order valence-corrected chi connectivity index (χ4v) is 3.83. The van der Waals surface area contributed by atoms with Gasteiger partial charge in [-0.15, -0.1) is 22.7 Å². The Kier molecular flexibility index (Phi) is 6.93. The number of nitrogens with one attached hydrogen (secondary N) is 1. The van der Waals surface area contributed by atoms with Crippen LogP contribution in [0.5, 0.6) is 0 Å². The Morgan fingerprint density at radius 2 is 1.92 bits per heavy atom. The van der Waals surface area contributed by atoms with E-state index < -0.39 is 11.9 Å². The van der Waals surface area contributed by atoms with E-state index in [0.29, 0.717) is 10.4 Å². The van der Waals surface area contributed by atoms with Crippen molar-refractivity contribution in [3.8, 4) is 0 Å². The number of carbonyl (C=O) groups is 3. The maximum atomic E-state index is 12.4. The van der Waals surface area contributed by atoms with Crippen LogP contribution in [0.1, 0.15) is 56.0 Å². The van der Waals surface area contributed by atoms with Gasteiger partial charge in [-0.25, -0.2) is 9.59 Å². The number of hydrogen-bond donors (Lipinski definition) is 1. The third-order valence-electron chi connectivity index (χ3n) is 3.33. The van der Waals surface area contributed by atoms with Crippen LogP contribution < -0.4 is 5.32 Å². The molecule has 8 heteroatoms. The molecule has 140 valence electrons. The molecule has 2 aromatic rings. The standard InChI is InChI=1S/C18H21NO5S2/c1-5-23-17(21)13-11(4)14(18(22)24-9-10(2)3)26-16(13)19-15(20)12-7-6-8-25-12/h6-8,10H,5,9H2,1-4H3,(H,19,20). The lowest BCUT2D eigenvalue weighted by Crippen LogP contribution is -2.14. The molecule has 0 bridgehead atoms. The summed E-state index contributed by atoms with van der Waals surface area (Å²) in [5.74, 6) is -1.23. The van der Waals surface area contributed by atoms with E-state index in [1.165, 1.54) is 11.3 Å². The zero-order chi connectivity index (χ0) is 19.3. The molecule has 0 aliphatic heterocycles. The van der Waals surface area contributed by atoms with E-state index in [1.807, 2.05) is 13.8 Å². The zero-order valence-corrected chi connectivity index (χ0v) is 16.7. The van der Waals surface area contributed by atoms with Gasteiger partial charge in [-0.05, 0) is 36.8 Å². The smallest absolute Gasteiger partial charge is 0.348 e. The van der Waals surface area contributed by atoms with Gasteiger partial charge in [0.1, 0.15) is 9.88 Å². The highest BCUT2D eigenvalue weighted by atomic mass is 32.1.